The summed E-state index contributed by atoms with van der Waals surface area (Å²) in [6.07, 6.45) is 1.86. The Morgan fingerprint density at radius 2 is 1.94 bits per heavy atom. The summed E-state index contributed by atoms with van der Waals surface area (Å²) in [6.45, 7) is 0. The summed E-state index contributed by atoms with van der Waals surface area (Å²) >= 11 is 0. The fourth-order valence-corrected chi connectivity index (χ4v) is 1.76. The maximum atomic E-state index is 12.0. The first-order valence-corrected chi connectivity index (χ1v) is 5.70. The van der Waals surface area contributed by atoms with Crippen molar-refractivity contribution in [2.45, 2.75) is 12.5 Å². The number of nitrogens with zero attached hydrogens (tertiary/aromatic N) is 1. The third-order valence-electron chi connectivity index (χ3n) is 2.73. The summed E-state index contributed by atoms with van der Waals surface area (Å²) in [7, 11) is 0. The Hall–Kier alpha value is -2.20. The van der Waals surface area contributed by atoms with Gasteiger partial charge in [-0.25, -0.2) is 4.98 Å². The fourth-order valence-electron chi connectivity index (χ4n) is 1.76. The molecule has 4 N–H and O–H groups in total. The summed E-state index contributed by atoms with van der Waals surface area (Å²) in [6, 6.07) is 12.2. The highest BCUT2D eigenvalue weighted by molar-refractivity contribution is 5.87. The average molecular weight is 241 g/mol. The van der Waals surface area contributed by atoms with E-state index < -0.39 is 6.04 Å². The molecule has 4 heteroatoms. The van der Waals surface area contributed by atoms with E-state index in [4.69, 9.17) is 11.5 Å². The summed E-state index contributed by atoms with van der Waals surface area (Å²) < 4.78 is 0. The maximum Gasteiger partial charge on any atom is 0.158 e. The topological polar surface area (TPSA) is 82.0 Å². The van der Waals surface area contributed by atoms with Crippen LogP contribution in [0.15, 0.2) is 48.7 Å². The molecule has 18 heavy (non-hydrogen) atoms. The highest BCUT2D eigenvalue weighted by Crippen LogP contribution is 2.14. The summed E-state index contributed by atoms with van der Waals surface area (Å²) in [5.41, 5.74) is 13.2. The van der Waals surface area contributed by atoms with Crippen LogP contribution in [0, 0.1) is 0 Å². The maximum absolute atomic E-state index is 12.0. The van der Waals surface area contributed by atoms with E-state index in [-0.39, 0.29) is 12.2 Å². The van der Waals surface area contributed by atoms with Gasteiger partial charge in [0, 0.05) is 12.6 Å². The lowest BCUT2D eigenvalue weighted by Gasteiger charge is -2.10. The van der Waals surface area contributed by atoms with Gasteiger partial charge in [-0.1, -0.05) is 30.3 Å². The second kappa shape index (κ2) is 5.42. The molecule has 4 nitrogen and oxygen atoms in total. The van der Waals surface area contributed by atoms with Gasteiger partial charge >= 0.3 is 0 Å². The van der Waals surface area contributed by atoms with Crippen molar-refractivity contribution in [3.8, 4) is 0 Å². The van der Waals surface area contributed by atoms with Crippen molar-refractivity contribution in [1.29, 1.82) is 0 Å². The van der Waals surface area contributed by atoms with Gasteiger partial charge in [0.1, 0.15) is 5.82 Å². The highest BCUT2D eigenvalue weighted by Gasteiger charge is 2.15. The molecule has 1 aromatic heterocycles. The number of anilines is 1. The molecule has 0 bridgehead atoms. The second-order valence-corrected chi connectivity index (χ2v) is 4.12. The first kappa shape index (κ1) is 12.3. The molecular formula is C14H15N3O. The SMILES string of the molecule is Nc1cc(CC(=O)C(N)c2ccccc2)ccn1. The largest absolute Gasteiger partial charge is 0.384 e. The molecular weight excluding hydrogens is 226 g/mol. The first-order chi connectivity index (χ1) is 8.66. The minimum atomic E-state index is -0.597. The van der Waals surface area contributed by atoms with E-state index in [9.17, 15) is 4.79 Å². The van der Waals surface area contributed by atoms with Gasteiger partial charge in [-0.15, -0.1) is 0 Å². The van der Waals surface area contributed by atoms with Crippen LogP contribution in [0.5, 0.6) is 0 Å². The van der Waals surface area contributed by atoms with E-state index >= 15 is 0 Å². The lowest BCUT2D eigenvalue weighted by molar-refractivity contribution is -0.119. The Balaban J connectivity index is 2.09. The van der Waals surface area contributed by atoms with E-state index in [1.54, 1.807) is 18.3 Å². The van der Waals surface area contributed by atoms with Gasteiger partial charge < -0.3 is 11.5 Å². The molecule has 0 spiro atoms. The molecule has 0 saturated carbocycles. The molecule has 1 unspecified atom stereocenters. The minimum absolute atomic E-state index is 0.0354. The number of Topliss-reactive ketones (excluding diaryl/α,β-unsaturated/α-hetero) is 1. The molecule has 0 aliphatic heterocycles. The van der Waals surface area contributed by atoms with Gasteiger partial charge in [-0.05, 0) is 23.3 Å². The van der Waals surface area contributed by atoms with Crippen LogP contribution in [0.2, 0.25) is 0 Å². The number of nitrogen functional groups attached to an aromatic ring is 1. The zero-order valence-corrected chi connectivity index (χ0v) is 9.91. The van der Waals surface area contributed by atoms with Crippen LogP contribution in [0.4, 0.5) is 5.82 Å². The molecule has 0 radical (unpaired) electrons. The number of carbonyl (C=O) groups is 1. The van der Waals surface area contributed by atoms with Crippen molar-refractivity contribution < 1.29 is 4.79 Å². The number of carbonyl (C=O) groups excluding carboxylic acids is 1. The van der Waals surface area contributed by atoms with Crippen molar-refractivity contribution in [3.05, 3.63) is 59.8 Å². The van der Waals surface area contributed by atoms with Crippen molar-refractivity contribution in [1.82, 2.24) is 4.98 Å². The zero-order valence-electron chi connectivity index (χ0n) is 9.91. The molecule has 0 saturated heterocycles. The Morgan fingerprint density at radius 3 is 2.61 bits per heavy atom. The summed E-state index contributed by atoms with van der Waals surface area (Å²) in [5, 5.41) is 0. The first-order valence-electron chi connectivity index (χ1n) is 5.70. The number of nitrogens with two attached hydrogens (primary N) is 2. The van der Waals surface area contributed by atoms with Crippen LogP contribution in [0.3, 0.4) is 0 Å². The number of hydrogen-bond donors (Lipinski definition) is 2. The minimum Gasteiger partial charge on any atom is -0.384 e. The van der Waals surface area contributed by atoms with Gasteiger partial charge in [0.2, 0.25) is 0 Å². The van der Waals surface area contributed by atoms with Gasteiger partial charge in [0.15, 0.2) is 5.78 Å². The van der Waals surface area contributed by atoms with E-state index in [0.717, 1.165) is 11.1 Å². The predicted octanol–water partition coefficient (Wildman–Crippen LogP) is 1.48. The van der Waals surface area contributed by atoms with Crippen molar-refractivity contribution in [2.24, 2.45) is 5.73 Å². The quantitative estimate of drug-likeness (QED) is 0.849. The Morgan fingerprint density at radius 1 is 1.22 bits per heavy atom. The van der Waals surface area contributed by atoms with Crippen LogP contribution in [0.1, 0.15) is 17.2 Å². The fraction of sp³-hybridized carbons (Fsp3) is 0.143. The van der Waals surface area contributed by atoms with Crippen LogP contribution < -0.4 is 11.5 Å². The average Bonchev–Trinajstić information content (AvgIpc) is 2.39. The van der Waals surface area contributed by atoms with Crippen LogP contribution in [-0.2, 0) is 11.2 Å². The van der Waals surface area contributed by atoms with Crippen LogP contribution in [0.25, 0.3) is 0 Å². The van der Waals surface area contributed by atoms with E-state index in [1.165, 1.54) is 0 Å². The Bertz CT molecular complexity index is 540. The standard InChI is InChI=1S/C14H15N3O/c15-13-9-10(6-7-17-13)8-12(18)14(16)11-4-2-1-3-5-11/h1-7,9,14H,8,16H2,(H2,15,17). The van der Waals surface area contributed by atoms with E-state index in [1.807, 2.05) is 30.3 Å². The van der Waals surface area contributed by atoms with Crippen molar-refractivity contribution in [2.75, 3.05) is 5.73 Å². The van der Waals surface area contributed by atoms with E-state index in [0.29, 0.717) is 5.82 Å². The molecule has 0 aliphatic rings. The van der Waals surface area contributed by atoms with Gasteiger partial charge in [-0.2, -0.15) is 0 Å². The van der Waals surface area contributed by atoms with E-state index in [2.05, 4.69) is 4.98 Å². The molecule has 0 amide bonds. The summed E-state index contributed by atoms with van der Waals surface area (Å²) in [5.74, 6) is 0.375. The molecule has 1 aromatic carbocycles. The Kier molecular flexibility index (Phi) is 3.69. The predicted molar refractivity (Wildman–Crippen MR) is 70.7 cm³/mol. The number of benzene rings is 1. The zero-order chi connectivity index (χ0) is 13.0. The number of rotatable bonds is 4. The monoisotopic (exact) mass is 241 g/mol. The normalized spacial score (nSPS) is 12.1. The number of pyridine rings is 1. The highest BCUT2D eigenvalue weighted by atomic mass is 16.1. The molecule has 2 rings (SSSR count). The van der Waals surface area contributed by atoms with Crippen molar-refractivity contribution in [3.63, 3.8) is 0 Å². The lowest BCUT2D eigenvalue weighted by atomic mass is 9.99. The third-order valence-corrected chi connectivity index (χ3v) is 2.73. The molecule has 1 heterocycles. The number of aromatic nitrogens is 1. The third kappa shape index (κ3) is 2.93. The molecule has 0 fully saturated rings. The smallest absolute Gasteiger partial charge is 0.158 e. The number of hydrogen-bond acceptors (Lipinski definition) is 4. The van der Waals surface area contributed by atoms with Gasteiger partial charge in [-0.3, -0.25) is 4.79 Å². The van der Waals surface area contributed by atoms with Crippen LogP contribution >= 0.6 is 0 Å². The second-order valence-electron chi connectivity index (χ2n) is 4.12. The lowest BCUT2D eigenvalue weighted by Crippen LogP contribution is -2.23. The Labute approximate surface area is 106 Å². The molecule has 92 valence electrons. The molecule has 1 atom stereocenters. The van der Waals surface area contributed by atoms with Crippen molar-refractivity contribution >= 4 is 11.6 Å². The number of ketones is 1. The van der Waals surface area contributed by atoms with Crippen LogP contribution in [-0.4, -0.2) is 10.8 Å². The molecule has 2 aromatic rings. The summed E-state index contributed by atoms with van der Waals surface area (Å²) in [4.78, 5) is 15.9. The van der Waals surface area contributed by atoms with Gasteiger partial charge in [0.25, 0.3) is 0 Å². The molecule has 0 aliphatic carbocycles. The van der Waals surface area contributed by atoms with Gasteiger partial charge in [0.05, 0.1) is 6.04 Å².